The van der Waals surface area contributed by atoms with Crippen LogP contribution in [0.1, 0.15) is 61.0 Å². The van der Waals surface area contributed by atoms with Crippen molar-refractivity contribution in [1.29, 1.82) is 0 Å². The normalized spacial score (nSPS) is 10.5. The second-order valence-electron chi connectivity index (χ2n) is 4.50. The van der Waals surface area contributed by atoms with E-state index in [1.54, 1.807) is 6.07 Å². The highest BCUT2D eigenvalue weighted by Gasteiger charge is 2.10. The smallest absolute Gasteiger partial charge is 0.335 e. The largest absolute Gasteiger partial charge is 0.478 e. The van der Waals surface area contributed by atoms with Crippen LogP contribution in [0.5, 0.6) is 0 Å². The molecule has 0 fully saturated rings. The average molecular weight is 234 g/mol. The van der Waals surface area contributed by atoms with Gasteiger partial charge in [0.2, 0.25) is 0 Å². The van der Waals surface area contributed by atoms with Gasteiger partial charge in [-0.3, -0.25) is 0 Å². The SMILES string of the molecule is CCCCc1ccc(C(=O)O)c(CCCC)c1. The monoisotopic (exact) mass is 234 g/mol. The fraction of sp³-hybridized carbons (Fsp3) is 0.533. The van der Waals surface area contributed by atoms with Crippen molar-refractivity contribution >= 4 is 5.97 Å². The third-order valence-corrected chi connectivity index (χ3v) is 3.02. The Morgan fingerprint density at radius 1 is 1.12 bits per heavy atom. The Morgan fingerprint density at radius 2 is 1.76 bits per heavy atom. The van der Waals surface area contributed by atoms with E-state index < -0.39 is 5.97 Å². The quantitative estimate of drug-likeness (QED) is 0.772. The molecule has 0 unspecified atom stereocenters. The van der Waals surface area contributed by atoms with Gasteiger partial charge in [0.15, 0.2) is 0 Å². The summed E-state index contributed by atoms with van der Waals surface area (Å²) in [5, 5.41) is 9.13. The molecule has 1 rings (SSSR count). The molecule has 17 heavy (non-hydrogen) atoms. The predicted octanol–water partition coefficient (Wildman–Crippen LogP) is 4.07. The van der Waals surface area contributed by atoms with Crippen LogP contribution in [0.25, 0.3) is 0 Å². The van der Waals surface area contributed by atoms with Gasteiger partial charge in [-0.2, -0.15) is 0 Å². The van der Waals surface area contributed by atoms with Crippen LogP contribution in [0.15, 0.2) is 18.2 Å². The number of aryl methyl sites for hydroxylation is 2. The molecule has 0 saturated heterocycles. The van der Waals surface area contributed by atoms with E-state index in [1.165, 1.54) is 18.4 Å². The van der Waals surface area contributed by atoms with Gasteiger partial charge in [0.1, 0.15) is 0 Å². The molecule has 2 nitrogen and oxygen atoms in total. The molecule has 0 saturated carbocycles. The number of hydrogen-bond donors (Lipinski definition) is 1. The molecule has 1 aromatic rings. The van der Waals surface area contributed by atoms with Crippen molar-refractivity contribution in [1.82, 2.24) is 0 Å². The molecule has 0 aliphatic heterocycles. The molecule has 0 radical (unpaired) electrons. The summed E-state index contributed by atoms with van der Waals surface area (Å²) < 4.78 is 0. The van der Waals surface area contributed by atoms with E-state index in [1.807, 2.05) is 6.07 Å². The Morgan fingerprint density at radius 3 is 2.35 bits per heavy atom. The van der Waals surface area contributed by atoms with E-state index >= 15 is 0 Å². The van der Waals surface area contributed by atoms with Gasteiger partial charge in [-0.05, 0) is 42.9 Å². The lowest BCUT2D eigenvalue weighted by Crippen LogP contribution is -2.03. The summed E-state index contributed by atoms with van der Waals surface area (Å²) in [4.78, 5) is 11.1. The fourth-order valence-corrected chi connectivity index (χ4v) is 1.97. The summed E-state index contributed by atoms with van der Waals surface area (Å²) in [5.41, 5.74) is 2.73. The molecule has 94 valence electrons. The van der Waals surface area contributed by atoms with Crippen LogP contribution in [-0.4, -0.2) is 11.1 Å². The Kier molecular flexibility index (Phi) is 5.75. The maximum atomic E-state index is 11.1. The van der Waals surface area contributed by atoms with Crippen molar-refractivity contribution in [3.05, 3.63) is 34.9 Å². The number of carboxylic acid groups (broad SMARTS) is 1. The van der Waals surface area contributed by atoms with E-state index in [9.17, 15) is 4.79 Å². The maximum absolute atomic E-state index is 11.1. The van der Waals surface area contributed by atoms with Gasteiger partial charge in [-0.15, -0.1) is 0 Å². The van der Waals surface area contributed by atoms with Crippen LogP contribution in [0.4, 0.5) is 0 Å². The van der Waals surface area contributed by atoms with Crippen LogP contribution in [-0.2, 0) is 12.8 Å². The highest BCUT2D eigenvalue weighted by Crippen LogP contribution is 2.16. The Balaban J connectivity index is 2.88. The molecule has 0 amide bonds. The molecule has 0 aliphatic carbocycles. The number of hydrogen-bond acceptors (Lipinski definition) is 1. The number of rotatable bonds is 7. The third-order valence-electron chi connectivity index (χ3n) is 3.02. The van der Waals surface area contributed by atoms with Crippen LogP contribution < -0.4 is 0 Å². The molecule has 1 aromatic carbocycles. The second-order valence-corrected chi connectivity index (χ2v) is 4.50. The molecular weight excluding hydrogens is 212 g/mol. The highest BCUT2D eigenvalue weighted by atomic mass is 16.4. The summed E-state index contributed by atoms with van der Waals surface area (Å²) in [6.07, 6.45) is 6.41. The van der Waals surface area contributed by atoms with Gasteiger partial charge in [0.25, 0.3) is 0 Å². The van der Waals surface area contributed by atoms with E-state index in [4.69, 9.17) is 5.11 Å². The number of carbonyl (C=O) groups is 1. The van der Waals surface area contributed by atoms with Crippen LogP contribution >= 0.6 is 0 Å². The van der Waals surface area contributed by atoms with Gasteiger partial charge in [-0.1, -0.05) is 38.8 Å². The zero-order chi connectivity index (χ0) is 12.7. The standard InChI is InChI=1S/C15H22O2/c1-3-5-7-12-9-10-14(15(16)17)13(11-12)8-6-4-2/h9-11H,3-8H2,1-2H3,(H,16,17). The van der Waals surface area contributed by atoms with Gasteiger partial charge >= 0.3 is 5.97 Å². The lowest BCUT2D eigenvalue weighted by molar-refractivity contribution is 0.0695. The summed E-state index contributed by atoms with van der Waals surface area (Å²) in [7, 11) is 0. The minimum atomic E-state index is -0.807. The van der Waals surface area contributed by atoms with E-state index in [0.29, 0.717) is 5.56 Å². The lowest BCUT2D eigenvalue weighted by atomic mass is 9.97. The molecule has 0 spiro atoms. The minimum Gasteiger partial charge on any atom is -0.478 e. The van der Waals surface area contributed by atoms with E-state index in [-0.39, 0.29) is 0 Å². The predicted molar refractivity (Wildman–Crippen MR) is 70.6 cm³/mol. The first kappa shape index (κ1) is 13.8. The molecule has 0 aliphatic rings. The summed E-state index contributed by atoms with van der Waals surface area (Å²) in [6, 6.07) is 5.79. The lowest BCUT2D eigenvalue weighted by Gasteiger charge is -2.08. The van der Waals surface area contributed by atoms with Crippen molar-refractivity contribution in [2.24, 2.45) is 0 Å². The fourth-order valence-electron chi connectivity index (χ4n) is 1.97. The Hall–Kier alpha value is -1.31. The number of carboxylic acids is 1. The van der Waals surface area contributed by atoms with Crippen molar-refractivity contribution in [2.45, 2.75) is 52.4 Å². The van der Waals surface area contributed by atoms with Crippen molar-refractivity contribution < 1.29 is 9.90 Å². The topological polar surface area (TPSA) is 37.3 Å². The van der Waals surface area contributed by atoms with Gasteiger partial charge in [0.05, 0.1) is 5.56 Å². The van der Waals surface area contributed by atoms with Crippen molar-refractivity contribution in [3.63, 3.8) is 0 Å². The number of aromatic carboxylic acids is 1. The van der Waals surface area contributed by atoms with Gasteiger partial charge in [0, 0.05) is 0 Å². The van der Waals surface area contributed by atoms with Crippen molar-refractivity contribution in [2.75, 3.05) is 0 Å². The number of unbranched alkanes of at least 4 members (excludes halogenated alkanes) is 2. The summed E-state index contributed by atoms with van der Waals surface area (Å²) in [5.74, 6) is -0.807. The summed E-state index contributed by atoms with van der Waals surface area (Å²) in [6.45, 7) is 4.30. The zero-order valence-electron chi connectivity index (χ0n) is 10.8. The molecule has 0 atom stereocenters. The third kappa shape index (κ3) is 4.22. The Labute approximate surface area is 104 Å². The Bertz CT molecular complexity index is 369. The highest BCUT2D eigenvalue weighted by molar-refractivity contribution is 5.89. The molecule has 0 heterocycles. The molecule has 2 heteroatoms. The molecule has 0 aromatic heterocycles. The second kappa shape index (κ2) is 7.10. The summed E-state index contributed by atoms with van der Waals surface area (Å²) >= 11 is 0. The first-order valence-corrected chi connectivity index (χ1v) is 6.54. The van der Waals surface area contributed by atoms with Crippen LogP contribution in [0.2, 0.25) is 0 Å². The minimum absolute atomic E-state index is 0.471. The molecule has 0 bridgehead atoms. The van der Waals surface area contributed by atoms with Crippen molar-refractivity contribution in [3.8, 4) is 0 Å². The van der Waals surface area contributed by atoms with E-state index in [0.717, 1.165) is 31.2 Å². The van der Waals surface area contributed by atoms with Crippen LogP contribution in [0, 0.1) is 0 Å². The van der Waals surface area contributed by atoms with Gasteiger partial charge < -0.3 is 5.11 Å². The first-order chi connectivity index (χ1) is 8.19. The number of benzene rings is 1. The molecule has 1 N–H and O–H groups in total. The average Bonchev–Trinajstić information content (AvgIpc) is 2.33. The zero-order valence-corrected chi connectivity index (χ0v) is 10.8. The van der Waals surface area contributed by atoms with Gasteiger partial charge in [-0.25, -0.2) is 4.79 Å². The first-order valence-electron chi connectivity index (χ1n) is 6.54. The maximum Gasteiger partial charge on any atom is 0.335 e. The molecular formula is C15H22O2. The van der Waals surface area contributed by atoms with E-state index in [2.05, 4.69) is 19.9 Å². The van der Waals surface area contributed by atoms with Crippen LogP contribution in [0.3, 0.4) is 0 Å².